The monoisotopic (exact) mass is 378 g/mol. The summed E-state index contributed by atoms with van der Waals surface area (Å²) in [4.78, 5) is 12.5. The molecule has 1 saturated heterocycles. The van der Waals surface area contributed by atoms with Crippen LogP contribution >= 0.6 is 0 Å². The molecule has 1 aromatic rings. The van der Waals surface area contributed by atoms with E-state index < -0.39 is 10.0 Å². The normalized spacial score (nSPS) is 25.7. The van der Waals surface area contributed by atoms with Crippen molar-refractivity contribution in [3.05, 3.63) is 35.9 Å². The fourth-order valence-corrected chi connectivity index (χ4v) is 5.56. The molecule has 1 N–H and O–H groups in total. The van der Waals surface area contributed by atoms with Crippen LogP contribution in [0.4, 0.5) is 0 Å². The van der Waals surface area contributed by atoms with Crippen molar-refractivity contribution in [2.45, 2.75) is 57.2 Å². The van der Waals surface area contributed by atoms with Crippen LogP contribution in [-0.4, -0.2) is 37.8 Å². The number of benzene rings is 1. The molecule has 1 aliphatic heterocycles. The maximum absolute atomic E-state index is 12.6. The van der Waals surface area contributed by atoms with Crippen LogP contribution in [0.3, 0.4) is 0 Å². The van der Waals surface area contributed by atoms with Gasteiger partial charge in [-0.05, 0) is 50.0 Å². The summed E-state index contributed by atoms with van der Waals surface area (Å²) in [5.74, 6) is 0.855. The van der Waals surface area contributed by atoms with Gasteiger partial charge in [0.15, 0.2) is 0 Å². The molecule has 1 aliphatic carbocycles. The lowest BCUT2D eigenvalue weighted by Gasteiger charge is -2.33. The number of nitrogens with one attached hydrogen (secondary N) is 1. The molecule has 0 atom stereocenters. The summed E-state index contributed by atoms with van der Waals surface area (Å²) in [5.41, 5.74) is 0.805. The van der Waals surface area contributed by atoms with Gasteiger partial charge in [0.05, 0.1) is 5.75 Å². The Hall–Kier alpha value is -1.40. The Labute approximate surface area is 157 Å². The molecule has 1 amide bonds. The largest absolute Gasteiger partial charge is 0.353 e. The minimum Gasteiger partial charge on any atom is -0.353 e. The van der Waals surface area contributed by atoms with E-state index in [2.05, 4.69) is 12.2 Å². The molecule has 1 aromatic carbocycles. The van der Waals surface area contributed by atoms with Crippen molar-refractivity contribution in [1.82, 2.24) is 9.62 Å². The third-order valence-electron chi connectivity index (χ3n) is 5.77. The van der Waals surface area contributed by atoms with Gasteiger partial charge in [0.1, 0.15) is 0 Å². The number of rotatable bonds is 5. The highest BCUT2D eigenvalue weighted by Crippen LogP contribution is 2.25. The highest BCUT2D eigenvalue weighted by molar-refractivity contribution is 7.88. The number of sulfonamides is 1. The van der Waals surface area contributed by atoms with Crippen molar-refractivity contribution >= 4 is 15.9 Å². The second-order valence-electron chi connectivity index (χ2n) is 7.88. The Morgan fingerprint density at radius 1 is 1.04 bits per heavy atom. The summed E-state index contributed by atoms with van der Waals surface area (Å²) in [7, 11) is -3.32. The summed E-state index contributed by atoms with van der Waals surface area (Å²) in [6, 6.07) is 9.57. The van der Waals surface area contributed by atoms with E-state index in [0.717, 1.165) is 24.3 Å². The number of amides is 1. The van der Waals surface area contributed by atoms with Crippen LogP contribution < -0.4 is 5.32 Å². The predicted octanol–water partition coefficient (Wildman–Crippen LogP) is 2.92. The summed E-state index contributed by atoms with van der Waals surface area (Å²) in [6.45, 7) is 3.15. The lowest BCUT2D eigenvalue weighted by molar-refractivity contribution is -0.127. The maximum Gasteiger partial charge on any atom is 0.223 e. The first-order valence-electron chi connectivity index (χ1n) is 9.76. The lowest BCUT2D eigenvalue weighted by atomic mass is 9.87. The summed E-state index contributed by atoms with van der Waals surface area (Å²) >= 11 is 0. The topological polar surface area (TPSA) is 66.5 Å². The van der Waals surface area contributed by atoms with Gasteiger partial charge in [-0.3, -0.25) is 4.79 Å². The van der Waals surface area contributed by atoms with E-state index in [0.29, 0.717) is 32.0 Å². The van der Waals surface area contributed by atoms with E-state index in [4.69, 9.17) is 0 Å². The molecule has 6 heteroatoms. The van der Waals surface area contributed by atoms with E-state index in [1.807, 2.05) is 30.3 Å². The molecule has 0 spiro atoms. The summed E-state index contributed by atoms with van der Waals surface area (Å²) in [6.07, 6.45) is 5.72. The van der Waals surface area contributed by atoms with Crippen LogP contribution in [0.15, 0.2) is 30.3 Å². The van der Waals surface area contributed by atoms with Crippen LogP contribution in [0.25, 0.3) is 0 Å². The second-order valence-corrected chi connectivity index (χ2v) is 9.85. The Balaban J connectivity index is 1.48. The van der Waals surface area contributed by atoms with E-state index >= 15 is 0 Å². The zero-order valence-corrected chi connectivity index (χ0v) is 16.4. The number of carbonyl (C=O) groups excluding carboxylic acids is 1. The second kappa shape index (κ2) is 8.53. The van der Waals surface area contributed by atoms with Gasteiger partial charge >= 0.3 is 0 Å². The number of hydrogen-bond donors (Lipinski definition) is 1. The quantitative estimate of drug-likeness (QED) is 0.857. The molecular weight excluding hydrogens is 348 g/mol. The summed E-state index contributed by atoms with van der Waals surface area (Å²) < 4.78 is 26.8. The van der Waals surface area contributed by atoms with Crippen molar-refractivity contribution in [2.24, 2.45) is 11.8 Å². The molecule has 0 bridgehead atoms. The standard InChI is InChI=1S/C20H30N2O3S/c1-16-7-9-19(10-8-16)21-20(23)18-11-13-22(14-12-18)26(24,25)15-17-5-3-2-4-6-17/h2-6,16,18-19H,7-15H2,1H3,(H,21,23). The maximum atomic E-state index is 12.6. The van der Waals surface area contributed by atoms with Crippen LogP contribution in [0.1, 0.15) is 51.0 Å². The van der Waals surface area contributed by atoms with Crippen LogP contribution in [-0.2, 0) is 20.6 Å². The first-order chi connectivity index (χ1) is 12.4. The van der Waals surface area contributed by atoms with Crippen LogP contribution in [0.5, 0.6) is 0 Å². The van der Waals surface area contributed by atoms with E-state index in [-0.39, 0.29) is 17.6 Å². The van der Waals surface area contributed by atoms with Gasteiger partial charge in [0.2, 0.25) is 15.9 Å². The molecule has 2 aliphatic rings. The van der Waals surface area contributed by atoms with Crippen LogP contribution in [0.2, 0.25) is 0 Å². The van der Waals surface area contributed by atoms with Crippen molar-refractivity contribution in [1.29, 1.82) is 0 Å². The smallest absolute Gasteiger partial charge is 0.223 e. The Kier molecular flexibility index (Phi) is 6.35. The molecule has 26 heavy (non-hydrogen) atoms. The van der Waals surface area contributed by atoms with Crippen molar-refractivity contribution in [3.63, 3.8) is 0 Å². The predicted molar refractivity (Wildman–Crippen MR) is 103 cm³/mol. The summed E-state index contributed by atoms with van der Waals surface area (Å²) in [5, 5.41) is 3.20. The third-order valence-corrected chi connectivity index (χ3v) is 7.62. The molecular formula is C20H30N2O3S. The first kappa shape index (κ1) is 19.4. The van der Waals surface area contributed by atoms with Gasteiger partial charge in [0, 0.05) is 25.0 Å². The zero-order valence-electron chi connectivity index (χ0n) is 15.6. The number of piperidine rings is 1. The lowest BCUT2D eigenvalue weighted by Crippen LogP contribution is -2.46. The fourth-order valence-electron chi connectivity index (χ4n) is 4.00. The molecule has 144 valence electrons. The Morgan fingerprint density at radius 2 is 1.65 bits per heavy atom. The van der Waals surface area contributed by atoms with Gasteiger partial charge in [-0.2, -0.15) is 0 Å². The van der Waals surface area contributed by atoms with Gasteiger partial charge in [0.25, 0.3) is 0 Å². The number of carbonyl (C=O) groups is 1. The van der Waals surface area contributed by atoms with Gasteiger partial charge < -0.3 is 5.32 Å². The minimum absolute atomic E-state index is 0.0327. The number of hydrogen-bond acceptors (Lipinski definition) is 3. The molecule has 5 nitrogen and oxygen atoms in total. The van der Waals surface area contributed by atoms with Gasteiger partial charge in [-0.25, -0.2) is 12.7 Å². The van der Waals surface area contributed by atoms with E-state index in [9.17, 15) is 13.2 Å². The van der Waals surface area contributed by atoms with Crippen molar-refractivity contribution in [3.8, 4) is 0 Å². The third kappa shape index (κ3) is 5.07. The minimum atomic E-state index is -3.32. The average molecular weight is 379 g/mol. The highest BCUT2D eigenvalue weighted by atomic mass is 32.2. The van der Waals surface area contributed by atoms with Crippen molar-refractivity contribution in [2.75, 3.05) is 13.1 Å². The highest BCUT2D eigenvalue weighted by Gasteiger charge is 2.32. The van der Waals surface area contributed by atoms with E-state index in [1.54, 1.807) is 4.31 Å². The van der Waals surface area contributed by atoms with E-state index in [1.165, 1.54) is 12.8 Å². The Morgan fingerprint density at radius 3 is 2.27 bits per heavy atom. The Bertz CT molecular complexity index is 689. The molecule has 0 unspecified atom stereocenters. The molecule has 1 heterocycles. The molecule has 1 saturated carbocycles. The zero-order chi connectivity index (χ0) is 18.6. The first-order valence-corrected chi connectivity index (χ1v) is 11.4. The van der Waals surface area contributed by atoms with Crippen LogP contribution in [0, 0.1) is 11.8 Å². The van der Waals surface area contributed by atoms with Gasteiger partial charge in [-0.1, -0.05) is 37.3 Å². The molecule has 0 radical (unpaired) electrons. The molecule has 2 fully saturated rings. The molecule has 3 rings (SSSR count). The SMILES string of the molecule is CC1CCC(NC(=O)C2CCN(S(=O)(=O)Cc3ccccc3)CC2)CC1. The number of nitrogens with zero attached hydrogens (tertiary/aromatic N) is 1. The fraction of sp³-hybridized carbons (Fsp3) is 0.650. The average Bonchev–Trinajstić information content (AvgIpc) is 2.64. The van der Waals surface area contributed by atoms with Crippen molar-refractivity contribution < 1.29 is 13.2 Å². The molecule has 0 aromatic heterocycles. The van der Waals surface area contributed by atoms with Gasteiger partial charge in [-0.15, -0.1) is 0 Å².